The fraction of sp³-hybridized carbons (Fsp3) is 0.348. The van der Waals surface area contributed by atoms with Crippen molar-refractivity contribution < 1.29 is 19.1 Å². The highest BCUT2D eigenvalue weighted by Gasteiger charge is 2.31. The lowest BCUT2D eigenvalue weighted by Crippen LogP contribution is -2.46. The number of anilines is 1. The Labute approximate surface area is 170 Å². The average molecular weight is 392 g/mol. The Morgan fingerprint density at radius 2 is 1.66 bits per heavy atom. The summed E-state index contributed by atoms with van der Waals surface area (Å²) in [6, 6.07) is 16.6. The largest absolute Gasteiger partial charge is 0.491 e. The summed E-state index contributed by atoms with van der Waals surface area (Å²) in [4.78, 5) is 41.3. The molecule has 2 aromatic carbocycles. The summed E-state index contributed by atoms with van der Waals surface area (Å²) in [7, 11) is 0. The second kappa shape index (κ2) is 8.47. The number of benzene rings is 2. The highest BCUT2D eigenvalue weighted by molar-refractivity contribution is 6.01. The Balaban J connectivity index is 1.39. The molecule has 0 N–H and O–H groups in total. The standard InChI is InChI=1S/C23H24N2O4/c26-21-12-15-29-20-9-5-4-8-19(20)25(21)16-22(27)24-13-10-18(11-14-24)23(28)17-6-2-1-3-7-17/h1-9,18H,10-16H2. The van der Waals surface area contributed by atoms with Crippen LogP contribution in [0.15, 0.2) is 54.6 Å². The first-order valence-electron chi connectivity index (χ1n) is 10.0. The van der Waals surface area contributed by atoms with Gasteiger partial charge in [0.1, 0.15) is 12.3 Å². The molecular formula is C23H24N2O4. The first-order chi connectivity index (χ1) is 14.1. The maximum atomic E-state index is 12.9. The number of piperidine rings is 1. The van der Waals surface area contributed by atoms with Crippen molar-refractivity contribution in [3.05, 3.63) is 60.2 Å². The fourth-order valence-electron chi connectivity index (χ4n) is 3.96. The number of ketones is 1. The summed E-state index contributed by atoms with van der Waals surface area (Å²) in [6.45, 7) is 1.37. The van der Waals surface area contributed by atoms with E-state index in [0.717, 1.165) is 5.56 Å². The third kappa shape index (κ3) is 4.16. The van der Waals surface area contributed by atoms with Crippen molar-refractivity contribution in [1.29, 1.82) is 0 Å². The lowest BCUT2D eigenvalue weighted by Gasteiger charge is -2.33. The molecule has 0 atom stereocenters. The quantitative estimate of drug-likeness (QED) is 0.751. The minimum Gasteiger partial charge on any atom is -0.491 e. The highest BCUT2D eigenvalue weighted by Crippen LogP contribution is 2.31. The number of rotatable bonds is 4. The van der Waals surface area contributed by atoms with Crippen LogP contribution in [-0.2, 0) is 9.59 Å². The van der Waals surface area contributed by atoms with Gasteiger partial charge in [-0.15, -0.1) is 0 Å². The molecule has 6 heteroatoms. The van der Waals surface area contributed by atoms with Crippen molar-refractivity contribution in [2.24, 2.45) is 5.92 Å². The number of hydrogen-bond donors (Lipinski definition) is 0. The van der Waals surface area contributed by atoms with Gasteiger partial charge in [-0.1, -0.05) is 42.5 Å². The molecule has 1 fully saturated rings. The Morgan fingerprint density at radius 1 is 0.966 bits per heavy atom. The van der Waals surface area contributed by atoms with Crippen LogP contribution in [0, 0.1) is 5.92 Å². The van der Waals surface area contributed by atoms with E-state index in [2.05, 4.69) is 0 Å². The van der Waals surface area contributed by atoms with Crippen LogP contribution < -0.4 is 9.64 Å². The summed E-state index contributed by atoms with van der Waals surface area (Å²) >= 11 is 0. The third-order valence-corrected chi connectivity index (χ3v) is 5.60. The minimum atomic E-state index is -0.113. The van der Waals surface area contributed by atoms with Crippen molar-refractivity contribution in [2.75, 3.05) is 31.1 Å². The molecule has 29 heavy (non-hydrogen) atoms. The third-order valence-electron chi connectivity index (χ3n) is 5.60. The minimum absolute atomic E-state index is 0.00347. The summed E-state index contributed by atoms with van der Waals surface area (Å²) in [5.74, 6) is 0.498. The number of carbonyl (C=O) groups excluding carboxylic acids is 3. The van der Waals surface area contributed by atoms with Crippen molar-refractivity contribution in [3.8, 4) is 5.75 Å². The Morgan fingerprint density at radius 3 is 2.41 bits per heavy atom. The zero-order valence-electron chi connectivity index (χ0n) is 16.3. The van der Waals surface area contributed by atoms with E-state index < -0.39 is 0 Å². The highest BCUT2D eigenvalue weighted by atomic mass is 16.5. The number of likely N-dealkylation sites (tertiary alicyclic amines) is 1. The lowest BCUT2D eigenvalue weighted by atomic mass is 9.89. The maximum absolute atomic E-state index is 12.9. The molecule has 0 spiro atoms. The van der Waals surface area contributed by atoms with Crippen LogP contribution >= 0.6 is 0 Å². The van der Waals surface area contributed by atoms with E-state index in [1.54, 1.807) is 11.0 Å². The maximum Gasteiger partial charge on any atom is 0.242 e. The molecule has 6 nitrogen and oxygen atoms in total. The van der Waals surface area contributed by atoms with E-state index in [4.69, 9.17) is 4.74 Å². The van der Waals surface area contributed by atoms with E-state index in [1.807, 2.05) is 48.5 Å². The predicted octanol–water partition coefficient (Wildman–Crippen LogP) is 2.92. The molecule has 0 saturated carbocycles. The van der Waals surface area contributed by atoms with Crippen molar-refractivity contribution in [1.82, 2.24) is 4.90 Å². The second-order valence-electron chi connectivity index (χ2n) is 7.43. The SMILES string of the molecule is O=C(c1ccccc1)C1CCN(C(=O)CN2C(=O)CCOc3ccccc32)CC1. The molecule has 0 bridgehead atoms. The Kier molecular flexibility index (Phi) is 5.60. The summed E-state index contributed by atoms with van der Waals surface area (Å²) in [6.07, 6.45) is 1.54. The Hall–Kier alpha value is -3.15. The summed E-state index contributed by atoms with van der Waals surface area (Å²) < 4.78 is 5.63. The van der Waals surface area contributed by atoms with Gasteiger partial charge in [0.25, 0.3) is 0 Å². The molecule has 2 aromatic rings. The van der Waals surface area contributed by atoms with Crippen LogP contribution in [0.4, 0.5) is 5.69 Å². The fourth-order valence-corrected chi connectivity index (χ4v) is 3.96. The van der Waals surface area contributed by atoms with Crippen LogP contribution in [0.5, 0.6) is 5.75 Å². The van der Waals surface area contributed by atoms with Gasteiger partial charge in [0.2, 0.25) is 11.8 Å². The van der Waals surface area contributed by atoms with Gasteiger partial charge in [-0.25, -0.2) is 0 Å². The van der Waals surface area contributed by atoms with E-state index in [0.29, 0.717) is 44.0 Å². The van der Waals surface area contributed by atoms with E-state index in [9.17, 15) is 14.4 Å². The zero-order chi connectivity index (χ0) is 20.2. The monoisotopic (exact) mass is 392 g/mol. The summed E-state index contributed by atoms with van der Waals surface area (Å²) in [5, 5.41) is 0. The van der Waals surface area contributed by atoms with Gasteiger partial charge in [-0.3, -0.25) is 19.3 Å². The predicted molar refractivity (Wildman–Crippen MR) is 109 cm³/mol. The number of ether oxygens (including phenoxy) is 1. The van der Waals surface area contributed by atoms with Crippen LogP contribution in [0.2, 0.25) is 0 Å². The smallest absolute Gasteiger partial charge is 0.242 e. The molecule has 2 heterocycles. The van der Waals surface area contributed by atoms with Crippen LogP contribution in [0.25, 0.3) is 0 Å². The molecule has 0 unspecified atom stereocenters. The molecule has 2 amide bonds. The normalized spacial score (nSPS) is 17.3. The first-order valence-corrected chi connectivity index (χ1v) is 10.0. The number of amides is 2. The van der Waals surface area contributed by atoms with Crippen molar-refractivity contribution >= 4 is 23.3 Å². The number of carbonyl (C=O) groups is 3. The molecule has 4 rings (SSSR count). The van der Waals surface area contributed by atoms with E-state index >= 15 is 0 Å². The molecule has 1 saturated heterocycles. The second-order valence-corrected chi connectivity index (χ2v) is 7.43. The lowest BCUT2D eigenvalue weighted by molar-refractivity contribution is -0.132. The number of para-hydroxylation sites is 2. The molecule has 2 aliphatic heterocycles. The van der Waals surface area contributed by atoms with Gasteiger partial charge in [0.15, 0.2) is 5.78 Å². The van der Waals surface area contributed by atoms with Crippen LogP contribution in [0.1, 0.15) is 29.6 Å². The summed E-state index contributed by atoms with van der Waals surface area (Å²) in [5.41, 5.74) is 1.36. The number of hydrogen-bond acceptors (Lipinski definition) is 4. The van der Waals surface area contributed by atoms with Gasteiger partial charge >= 0.3 is 0 Å². The molecule has 0 aromatic heterocycles. The molecule has 2 aliphatic rings. The van der Waals surface area contributed by atoms with Gasteiger partial charge in [-0.2, -0.15) is 0 Å². The molecule has 0 radical (unpaired) electrons. The van der Waals surface area contributed by atoms with Gasteiger partial charge in [0.05, 0.1) is 18.7 Å². The molecular weight excluding hydrogens is 368 g/mol. The van der Waals surface area contributed by atoms with E-state index in [1.165, 1.54) is 4.90 Å². The van der Waals surface area contributed by atoms with E-state index in [-0.39, 0.29) is 36.5 Å². The van der Waals surface area contributed by atoms with Crippen LogP contribution in [-0.4, -0.2) is 48.7 Å². The van der Waals surface area contributed by atoms with Gasteiger partial charge < -0.3 is 9.64 Å². The first kappa shape index (κ1) is 19.2. The topological polar surface area (TPSA) is 66.9 Å². The van der Waals surface area contributed by atoms with Gasteiger partial charge in [0, 0.05) is 24.6 Å². The molecule has 0 aliphatic carbocycles. The average Bonchev–Trinajstić information content (AvgIpc) is 2.93. The zero-order valence-corrected chi connectivity index (χ0v) is 16.3. The Bertz CT molecular complexity index is 904. The number of Topliss-reactive ketones (excluding diaryl/α,β-unsaturated/α-hetero) is 1. The van der Waals surface area contributed by atoms with Gasteiger partial charge in [-0.05, 0) is 25.0 Å². The van der Waals surface area contributed by atoms with Crippen molar-refractivity contribution in [2.45, 2.75) is 19.3 Å². The van der Waals surface area contributed by atoms with Crippen molar-refractivity contribution in [3.63, 3.8) is 0 Å². The van der Waals surface area contributed by atoms with Crippen LogP contribution in [0.3, 0.4) is 0 Å². The molecule has 150 valence electrons. The number of fused-ring (bicyclic) bond motifs is 1. The number of nitrogens with zero attached hydrogens (tertiary/aromatic N) is 2.